The molecule has 0 radical (unpaired) electrons. The van der Waals surface area contributed by atoms with Crippen LogP contribution in [0.4, 0.5) is 0 Å². The van der Waals surface area contributed by atoms with Gasteiger partial charge in [0, 0.05) is 17.8 Å². The fourth-order valence-electron chi connectivity index (χ4n) is 1.81. The van der Waals surface area contributed by atoms with Crippen molar-refractivity contribution in [1.29, 1.82) is 0 Å². The number of hydrogen-bond acceptors (Lipinski definition) is 2. The summed E-state index contributed by atoms with van der Waals surface area (Å²) >= 11 is 0. The topological polar surface area (TPSA) is 22.1 Å². The van der Waals surface area contributed by atoms with Crippen LogP contribution < -0.4 is 4.74 Å². The Bertz CT molecular complexity index is 465. The summed E-state index contributed by atoms with van der Waals surface area (Å²) in [7, 11) is 1.69. The van der Waals surface area contributed by atoms with E-state index >= 15 is 0 Å². The first kappa shape index (κ1) is 9.97. The lowest BCUT2D eigenvalue weighted by Gasteiger charge is -2.06. The van der Waals surface area contributed by atoms with Crippen molar-refractivity contribution in [2.45, 2.75) is 19.8 Å². The van der Waals surface area contributed by atoms with Gasteiger partial charge in [-0.2, -0.15) is 0 Å². The minimum Gasteiger partial charge on any atom is -0.497 e. The zero-order chi connectivity index (χ0) is 10.7. The molecule has 2 nitrogen and oxygen atoms in total. The van der Waals surface area contributed by atoms with E-state index in [-0.39, 0.29) is 0 Å². The molecule has 0 aliphatic carbocycles. The molecule has 0 atom stereocenters. The second kappa shape index (κ2) is 4.30. The molecule has 2 rings (SSSR count). The number of aromatic nitrogens is 1. The molecule has 0 aliphatic rings. The highest BCUT2D eigenvalue weighted by Gasteiger charge is 2.01. The SMILES string of the molecule is CCCc1cncc2cc(OC)ccc12. The van der Waals surface area contributed by atoms with Crippen LogP contribution in [0.15, 0.2) is 30.6 Å². The number of hydrogen-bond donors (Lipinski definition) is 0. The van der Waals surface area contributed by atoms with E-state index in [9.17, 15) is 0 Å². The fraction of sp³-hybridized carbons (Fsp3) is 0.308. The first-order chi connectivity index (χ1) is 7.35. The molecule has 0 saturated heterocycles. The van der Waals surface area contributed by atoms with Gasteiger partial charge in [0.1, 0.15) is 5.75 Å². The lowest BCUT2D eigenvalue weighted by molar-refractivity contribution is 0.415. The Morgan fingerprint density at radius 1 is 1.27 bits per heavy atom. The number of fused-ring (bicyclic) bond motifs is 1. The number of benzene rings is 1. The maximum absolute atomic E-state index is 5.19. The summed E-state index contributed by atoms with van der Waals surface area (Å²) in [5.74, 6) is 0.887. The van der Waals surface area contributed by atoms with Crippen molar-refractivity contribution in [3.8, 4) is 5.75 Å². The molecule has 1 aromatic heterocycles. The standard InChI is InChI=1S/C13H15NO/c1-3-4-10-8-14-9-11-7-12(15-2)5-6-13(10)11/h5-9H,3-4H2,1-2H3. The van der Waals surface area contributed by atoms with Crippen molar-refractivity contribution in [3.05, 3.63) is 36.2 Å². The molecule has 0 amide bonds. The van der Waals surface area contributed by atoms with Gasteiger partial charge in [-0.15, -0.1) is 0 Å². The first-order valence-corrected chi connectivity index (χ1v) is 5.25. The fourth-order valence-corrected chi connectivity index (χ4v) is 1.81. The third-order valence-electron chi connectivity index (χ3n) is 2.57. The third-order valence-corrected chi connectivity index (χ3v) is 2.57. The van der Waals surface area contributed by atoms with Crippen molar-refractivity contribution < 1.29 is 4.74 Å². The van der Waals surface area contributed by atoms with Crippen LogP contribution in [-0.4, -0.2) is 12.1 Å². The van der Waals surface area contributed by atoms with E-state index in [1.165, 1.54) is 10.9 Å². The molecule has 0 saturated carbocycles. The van der Waals surface area contributed by atoms with Gasteiger partial charge in [-0.05, 0) is 29.5 Å². The Morgan fingerprint density at radius 2 is 2.13 bits per heavy atom. The highest BCUT2D eigenvalue weighted by Crippen LogP contribution is 2.23. The molecular formula is C13H15NO. The lowest BCUT2D eigenvalue weighted by Crippen LogP contribution is -1.89. The molecule has 2 aromatic rings. The molecule has 2 heteroatoms. The number of ether oxygens (including phenoxy) is 1. The minimum atomic E-state index is 0.887. The monoisotopic (exact) mass is 201 g/mol. The van der Waals surface area contributed by atoms with Gasteiger partial charge in [-0.1, -0.05) is 19.4 Å². The van der Waals surface area contributed by atoms with E-state index in [1.807, 2.05) is 24.5 Å². The number of rotatable bonds is 3. The summed E-state index contributed by atoms with van der Waals surface area (Å²) in [6, 6.07) is 6.14. The van der Waals surface area contributed by atoms with E-state index in [1.54, 1.807) is 7.11 Å². The summed E-state index contributed by atoms with van der Waals surface area (Å²) in [5, 5.41) is 2.44. The van der Waals surface area contributed by atoms with E-state index < -0.39 is 0 Å². The second-order valence-corrected chi connectivity index (χ2v) is 3.64. The molecule has 0 bridgehead atoms. The minimum absolute atomic E-state index is 0.887. The molecule has 0 aliphatic heterocycles. The van der Waals surface area contributed by atoms with Crippen LogP contribution in [0.2, 0.25) is 0 Å². The van der Waals surface area contributed by atoms with Crippen molar-refractivity contribution >= 4 is 10.8 Å². The molecule has 0 fully saturated rings. The summed E-state index contributed by atoms with van der Waals surface area (Å²) in [4.78, 5) is 4.25. The largest absolute Gasteiger partial charge is 0.497 e. The smallest absolute Gasteiger partial charge is 0.119 e. The Balaban J connectivity index is 2.56. The molecule has 0 N–H and O–H groups in total. The van der Waals surface area contributed by atoms with Crippen LogP contribution in [0.3, 0.4) is 0 Å². The zero-order valence-electron chi connectivity index (χ0n) is 9.16. The van der Waals surface area contributed by atoms with Gasteiger partial charge in [0.05, 0.1) is 7.11 Å². The van der Waals surface area contributed by atoms with Crippen LogP contribution in [0.25, 0.3) is 10.8 Å². The maximum atomic E-state index is 5.19. The predicted octanol–water partition coefficient (Wildman–Crippen LogP) is 3.20. The van der Waals surface area contributed by atoms with Crippen molar-refractivity contribution in [1.82, 2.24) is 4.98 Å². The summed E-state index contributed by atoms with van der Waals surface area (Å²) in [5.41, 5.74) is 1.32. The molecule has 1 heterocycles. The van der Waals surface area contributed by atoms with Crippen molar-refractivity contribution in [3.63, 3.8) is 0 Å². The van der Waals surface area contributed by atoms with Gasteiger partial charge in [-0.3, -0.25) is 4.98 Å². The second-order valence-electron chi connectivity index (χ2n) is 3.64. The predicted molar refractivity (Wildman–Crippen MR) is 62.3 cm³/mol. The summed E-state index contributed by atoms with van der Waals surface area (Å²) < 4.78 is 5.19. The Morgan fingerprint density at radius 3 is 2.87 bits per heavy atom. The molecular weight excluding hydrogens is 186 g/mol. The molecule has 0 unspecified atom stereocenters. The van der Waals surface area contributed by atoms with Crippen molar-refractivity contribution in [2.75, 3.05) is 7.11 Å². The number of nitrogens with zero attached hydrogens (tertiary/aromatic N) is 1. The summed E-state index contributed by atoms with van der Waals surface area (Å²) in [6.45, 7) is 2.18. The van der Waals surface area contributed by atoms with Crippen LogP contribution in [0, 0.1) is 0 Å². The molecule has 78 valence electrons. The molecule has 1 aromatic carbocycles. The Kier molecular flexibility index (Phi) is 2.86. The average molecular weight is 201 g/mol. The highest BCUT2D eigenvalue weighted by molar-refractivity contribution is 5.86. The van der Waals surface area contributed by atoms with Crippen LogP contribution in [-0.2, 0) is 6.42 Å². The lowest BCUT2D eigenvalue weighted by atomic mass is 10.0. The summed E-state index contributed by atoms with van der Waals surface area (Å²) in [6.07, 6.45) is 6.07. The van der Waals surface area contributed by atoms with Gasteiger partial charge in [-0.25, -0.2) is 0 Å². The van der Waals surface area contributed by atoms with E-state index in [0.717, 1.165) is 24.0 Å². The van der Waals surface area contributed by atoms with Gasteiger partial charge in [0.15, 0.2) is 0 Å². The van der Waals surface area contributed by atoms with Gasteiger partial charge < -0.3 is 4.74 Å². The maximum Gasteiger partial charge on any atom is 0.119 e. The quantitative estimate of drug-likeness (QED) is 0.760. The van der Waals surface area contributed by atoms with E-state index in [2.05, 4.69) is 18.0 Å². The molecule has 15 heavy (non-hydrogen) atoms. The third kappa shape index (κ3) is 1.94. The molecule has 0 spiro atoms. The Labute approximate surface area is 89.9 Å². The van der Waals surface area contributed by atoms with E-state index in [4.69, 9.17) is 4.74 Å². The normalized spacial score (nSPS) is 10.5. The Hall–Kier alpha value is -1.57. The van der Waals surface area contributed by atoms with Crippen LogP contribution in [0.1, 0.15) is 18.9 Å². The number of methoxy groups -OCH3 is 1. The first-order valence-electron chi connectivity index (χ1n) is 5.25. The average Bonchev–Trinajstić information content (AvgIpc) is 2.29. The van der Waals surface area contributed by atoms with E-state index in [0.29, 0.717) is 0 Å². The van der Waals surface area contributed by atoms with Gasteiger partial charge in [0.25, 0.3) is 0 Å². The highest BCUT2D eigenvalue weighted by atomic mass is 16.5. The van der Waals surface area contributed by atoms with Crippen LogP contribution in [0.5, 0.6) is 5.75 Å². The number of aryl methyl sites for hydroxylation is 1. The zero-order valence-corrected chi connectivity index (χ0v) is 9.16. The van der Waals surface area contributed by atoms with Gasteiger partial charge >= 0.3 is 0 Å². The van der Waals surface area contributed by atoms with Crippen molar-refractivity contribution in [2.24, 2.45) is 0 Å². The number of pyridine rings is 1. The van der Waals surface area contributed by atoms with Gasteiger partial charge in [0.2, 0.25) is 0 Å². The van der Waals surface area contributed by atoms with Crippen LogP contribution >= 0.6 is 0 Å².